The van der Waals surface area contributed by atoms with Gasteiger partial charge in [0.05, 0.1) is 12.1 Å². The number of carbonyl (C=O) groups excluding carboxylic acids is 3. The zero-order chi connectivity index (χ0) is 28.1. The molecule has 0 aliphatic carbocycles. The third-order valence-corrected chi connectivity index (χ3v) is 5.24. The van der Waals surface area contributed by atoms with E-state index in [1.54, 1.807) is 30.3 Å². The normalized spacial score (nSPS) is 14.8. The fraction of sp³-hybridized carbons (Fsp3) is 0.478. The first-order valence-electron chi connectivity index (χ1n) is 11.4. The molecule has 3 amide bonds. The van der Waals surface area contributed by atoms with Gasteiger partial charge < -0.3 is 42.1 Å². The number of carbonyl (C=O) groups is 6. The van der Waals surface area contributed by atoms with Crippen molar-refractivity contribution >= 4 is 35.6 Å². The Balaban J connectivity index is 2.95. The third-order valence-electron chi connectivity index (χ3n) is 5.24. The summed E-state index contributed by atoms with van der Waals surface area (Å²) < 4.78 is 0. The predicted octanol–water partition coefficient (Wildman–Crippen LogP) is -1.79. The minimum Gasteiger partial charge on any atom is -0.481 e. The topological polar surface area (TPSA) is 245 Å². The number of hydrogen-bond acceptors (Lipinski definition) is 8. The molecule has 1 rings (SSSR count). The van der Waals surface area contributed by atoms with Crippen LogP contribution in [0.4, 0.5) is 0 Å². The Hall–Kier alpha value is -4.04. The van der Waals surface area contributed by atoms with Gasteiger partial charge in [0.15, 0.2) is 0 Å². The van der Waals surface area contributed by atoms with Crippen molar-refractivity contribution in [2.75, 3.05) is 0 Å². The van der Waals surface area contributed by atoms with E-state index >= 15 is 0 Å². The molecule has 0 heterocycles. The molecule has 5 atom stereocenters. The minimum absolute atomic E-state index is 0.131. The first-order chi connectivity index (χ1) is 17.3. The first kappa shape index (κ1) is 31.0. The lowest BCUT2D eigenvalue weighted by atomic mass is 10.0. The van der Waals surface area contributed by atoms with E-state index in [0.29, 0.717) is 0 Å². The summed E-state index contributed by atoms with van der Waals surface area (Å²) in [7, 11) is 0. The number of benzene rings is 1. The van der Waals surface area contributed by atoms with Crippen molar-refractivity contribution in [3.8, 4) is 0 Å². The number of aliphatic hydroxyl groups is 1. The highest BCUT2D eigenvalue weighted by molar-refractivity contribution is 5.94. The molecule has 0 aromatic heterocycles. The molecular weight excluding hydrogens is 492 g/mol. The smallest absolute Gasteiger partial charge is 0.326 e. The van der Waals surface area contributed by atoms with Crippen LogP contribution in [0.2, 0.25) is 0 Å². The van der Waals surface area contributed by atoms with Crippen LogP contribution in [0.15, 0.2) is 30.3 Å². The molecule has 1 aromatic rings. The maximum atomic E-state index is 12.9. The van der Waals surface area contributed by atoms with Gasteiger partial charge >= 0.3 is 17.9 Å². The fourth-order valence-electron chi connectivity index (χ4n) is 3.22. The van der Waals surface area contributed by atoms with Crippen LogP contribution in [-0.4, -0.2) is 86.3 Å². The second kappa shape index (κ2) is 15.2. The van der Waals surface area contributed by atoms with Gasteiger partial charge in [0.25, 0.3) is 0 Å². The summed E-state index contributed by atoms with van der Waals surface area (Å²) in [5.41, 5.74) is 6.67. The zero-order valence-corrected chi connectivity index (χ0v) is 20.1. The van der Waals surface area contributed by atoms with Crippen LogP contribution in [0, 0.1) is 0 Å². The molecular formula is C23H32N4O10. The van der Waals surface area contributed by atoms with Crippen molar-refractivity contribution in [1.29, 1.82) is 0 Å². The lowest BCUT2D eigenvalue weighted by molar-refractivity contribution is -0.144. The van der Waals surface area contributed by atoms with Gasteiger partial charge in [-0.2, -0.15) is 0 Å². The van der Waals surface area contributed by atoms with Gasteiger partial charge in [-0.25, -0.2) is 4.79 Å². The maximum absolute atomic E-state index is 12.9. The maximum Gasteiger partial charge on any atom is 0.326 e. The van der Waals surface area contributed by atoms with E-state index in [0.717, 1.165) is 12.5 Å². The quantitative estimate of drug-likeness (QED) is 0.120. The number of nitrogens with two attached hydrogens (primary N) is 1. The van der Waals surface area contributed by atoms with Crippen molar-refractivity contribution < 1.29 is 49.2 Å². The van der Waals surface area contributed by atoms with Crippen molar-refractivity contribution in [1.82, 2.24) is 16.0 Å². The van der Waals surface area contributed by atoms with E-state index in [2.05, 4.69) is 16.0 Å². The number of amides is 3. The molecule has 0 spiro atoms. The predicted molar refractivity (Wildman–Crippen MR) is 127 cm³/mol. The molecule has 0 aliphatic rings. The Kier molecular flexibility index (Phi) is 12.7. The number of aliphatic carboxylic acids is 3. The molecule has 37 heavy (non-hydrogen) atoms. The molecule has 0 bridgehead atoms. The molecule has 0 saturated carbocycles. The monoisotopic (exact) mass is 524 g/mol. The Morgan fingerprint density at radius 1 is 0.784 bits per heavy atom. The van der Waals surface area contributed by atoms with E-state index in [1.807, 2.05) is 0 Å². The average molecular weight is 525 g/mol. The van der Waals surface area contributed by atoms with E-state index < -0.39 is 85.2 Å². The van der Waals surface area contributed by atoms with Crippen LogP contribution < -0.4 is 21.7 Å². The Morgan fingerprint density at radius 3 is 1.78 bits per heavy atom. The largest absolute Gasteiger partial charge is 0.481 e. The lowest BCUT2D eigenvalue weighted by Crippen LogP contribution is -2.60. The summed E-state index contributed by atoms with van der Waals surface area (Å²) in [6.07, 6.45) is -3.30. The van der Waals surface area contributed by atoms with Gasteiger partial charge in [-0.1, -0.05) is 30.3 Å². The van der Waals surface area contributed by atoms with E-state index in [9.17, 15) is 39.0 Å². The number of carboxylic acid groups (broad SMARTS) is 3. The van der Waals surface area contributed by atoms with Crippen LogP contribution in [-0.2, 0) is 35.2 Å². The standard InChI is InChI=1S/C23H32N4O10/c1-12(28)19(22(35)26-16(23(36)37)8-10-18(31)32)27-21(34)15(7-9-17(29)30)25-20(33)14(24)11-13-5-3-2-4-6-13/h2-6,12,14-16,19,28H,7-11,24H2,1H3,(H,25,33)(H,26,35)(H,27,34)(H,29,30)(H,31,32)(H,36,37). The molecule has 14 heteroatoms. The second-order valence-corrected chi connectivity index (χ2v) is 8.35. The SMILES string of the molecule is CC(O)C(NC(=O)C(CCC(=O)O)NC(=O)C(N)Cc1ccccc1)C(=O)NC(CCC(=O)O)C(=O)O. The van der Waals surface area contributed by atoms with E-state index in [-0.39, 0.29) is 12.8 Å². The van der Waals surface area contributed by atoms with Gasteiger partial charge in [-0.05, 0) is 31.7 Å². The van der Waals surface area contributed by atoms with Crippen LogP contribution in [0.25, 0.3) is 0 Å². The summed E-state index contributed by atoms with van der Waals surface area (Å²) in [5, 5.41) is 43.6. The summed E-state index contributed by atoms with van der Waals surface area (Å²) in [6, 6.07) is 2.94. The lowest BCUT2D eigenvalue weighted by Gasteiger charge is -2.26. The van der Waals surface area contributed by atoms with Crippen LogP contribution in [0.1, 0.15) is 38.2 Å². The third kappa shape index (κ3) is 11.5. The average Bonchev–Trinajstić information content (AvgIpc) is 2.82. The zero-order valence-electron chi connectivity index (χ0n) is 20.1. The number of nitrogens with one attached hydrogen (secondary N) is 3. The summed E-state index contributed by atoms with van der Waals surface area (Å²) >= 11 is 0. The highest BCUT2D eigenvalue weighted by Gasteiger charge is 2.33. The summed E-state index contributed by atoms with van der Waals surface area (Å²) in [4.78, 5) is 71.2. The van der Waals surface area contributed by atoms with Gasteiger partial charge in [-0.3, -0.25) is 24.0 Å². The molecule has 0 aliphatic heterocycles. The molecule has 0 fully saturated rings. The minimum atomic E-state index is -1.69. The van der Waals surface area contributed by atoms with Gasteiger partial charge in [-0.15, -0.1) is 0 Å². The first-order valence-corrected chi connectivity index (χ1v) is 11.4. The highest BCUT2D eigenvalue weighted by atomic mass is 16.4. The molecule has 5 unspecified atom stereocenters. The fourth-order valence-corrected chi connectivity index (χ4v) is 3.22. The Morgan fingerprint density at radius 2 is 1.30 bits per heavy atom. The molecule has 0 radical (unpaired) electrons. The molecule has 0 saturated heterocycles. The van der Waals surface area contributed by atoms with E-state index in [4.69, 9.17) is 15.9 Å². The van der Waals surface area contributed by atoms with Crippen molar-refractivity contribution in [3.05, 3.63) is 35.9 Å². The number of aliphatic hydroxyl groups excluding tert-OH is 1. The number of carboxylic acids is 3. The van der Waals surface area contributed by atoms with Crippen molar-refractivity contribution in [2.45, 2.75) is 69.3 Å². The van der Waals surface area contributed by atoms with Crippen molar-refractivity contribution in [3.63, 3.8) is 0 Å². The molecule has 1 aromatic carbocycles. The molecule has 204 valence electrons. The van der Waals surface area contributed by atoms with Crippen molar-refractivity contribution in [2.24, 2.45) is 5.73 Å². The number of hydrogen-bond donors (Lipinski definition) is 8. The van der Waals surface area contributed by atoms with Gasteiger partial charge in [0.2, 0.25) is 17.7 Å². The second-order valence-electron chi connectivity index (χ2n) is 8.35. The van der Waals surface area contributed by atoms with Crippen LogP contribution >= 0.6 is 0 Å². The van der Waals surface area contributed by atoms with Crippen LogP contribution in [0.5, 0.6) is 0 Å². The number of rotatable bonds is 16. The van der Waals surface area contributed by atoms with Crippen LogP contribution in [0.3, 0.4) is 0 Å². The van der Waals surface area contributed by atoms with E-state index in [1.165, 1.54) is 0 Å². The van der Waals surface area contributed by atoms with Gasteiger partial charge in [0, 0.05) is 12.8 Å². The summed E-state index contributed by atoms with van der Waals surface area (Å²) in [6.45, 7) is 1.14. The van der Waals surface area contributed by atoms with Gasteiger partial charge in [0.1, 0.15) is 18.1 Å². The Labute approximate surface area is 212 Å². The molecule has 9 N–H and O–H groups in total. The Bertz CT molecular complexity index is 970. The molecule has 14 nitrogen and oxygen atoms in total. The highest BCUT2D eigenvalue weighted by Crippen LogP contribution is 2.06. The summed E-state index contributed by atoms with van der Waals surface area (Å²) in [5.74, 6) is -6.96.